The molecule has 0 unspecified atom stereocenters. The van der Waals surface area contributed by atoms with Crippen molar-refractivity contribution in [3.63, 3.8) is 0 Å². The maximum Gasteiger partial charge on any atom is 0.158 e. The van der Waals surface area contributed by atoms with Crippen LogP contribution in [0.4, 0.5) is 5.82 Å². The molecule has 2 rings (SSSR count). The highest BCUT2D eigenvalue weighted by atomic mass is 35.5. The summed E-state index contributed by atoms with van der Waals surface area (Å²) in [5.41, 5.74) is -0.299. The van der Waals surface area contributed by atoms with Gasteiger partial charge in [0.05, 0.1) is 12.1 Å². The Morgan fingerprint density at radius 3 is 2.76 bits per heavy atom. The molecule has 1 aliphatic rings. The molecule has 1 aromatic rings. The van der Waals surface area contributed by atoms with Gasteiger partial charge in [-0.05, 0) is 38.5 Å². The quantitative estimate of drug-likeness (QED) is 0.790. The van der Waals surface area contributed by atoms with Gasteiger partial charge >= 0.3 is 0 Å². The van der Waals surface area contributed by atoms with Gasteiger partial charge in [0.25, 0.3) is 0 Å². The van der Waals surface area contributed by atoms with Crippen LogP contribution in [-0.2, 0) is 11.3 Å². The maximum atomic E-state index is 9.81. The molecule has 6 heteroatoms. The third kappa shape index (κ3) is 4.53. The van der Waals surface area contributed by atoms with Crippen molar-refractivity contribution in [3.8, 4) is 0 Å². The van der Waals surface area contributed by atoms with Crippen LogP contribution in [0.3, 0.4) is 0 Å². The molecule has 0 saturated heterocycles. The summed E-state index contributed by atoms with van der Waals surface area (Å²) in [6.07, 6.45) is 4.09. The molecule has 21 heavy (non-hydrogen) atoms. The van der Waals surface area contributed by atoms with Crippen LogP contribution in [0, 0.1) is 5.92 Å². The minimum Gasteiger partial charge on any atom is -0.394 e. The molecule has 1 fully saturated rings. The second-order valence-corrected chi connectivity index (χ2v) is 6.26. The summed E-state index contributed by atoms with van der Waals surface area (Å²) < 4.78 is 5.32. The molecule has 0 bridgehead atoms. The normalized spacial score (nSPS) is 25.8. The Morgan fingerprint density at radius 2 is 2.14 bits per heavy atom. The lowest BCUT2D eigenvalue weighted by atomic mass is 9.77. The molecule has 0 atom stereocenters. The first kappa shape index (κ1) is 16.5. The number of halogens is 1. The lowest BCUT2D eigenvalue weighted by Crippen LogP contribution is -2.45. The zero-order valence-electron chi connectivity index (χ0n) is 12.7. The van der Waals surface area contributed by atoms with Gasteiger partial charge in [0.2, 0.25) is 0 Å². The molecule has 5 nitrogen and oxygen atoms in total. The number of nitrogens with one attached hydrogen (secondary N) is 1. The fraction of sp³-hybridized carbons (Fsp3) is 0.733. The Balaban J connectivity index is 2.11. The van der Waals surface area contributed by atoms with Crippen LogP contribution in [0.25, 0.3) is 0 Å². The Morgan fingerprint density at radius 1 is 1.43 bits per heavy atom. The Hall–Kier alpha value is -0.910. The minimum absolute atomic E-state index is 0.0993. The molecule has 1 saturated carbocycles. The summed E-state index contributed by atoms with van der Waals surface area (Å²) in [6, 6.07) is 1.70. The highest BCUT2D eigenvalue weighted by Crippen LogP contribution is 2.34. The first-order valence-corrected chi connectivity index (χ1v) is 7.95. The molecular weight excluding hydrogens is 290 g/mol. The van der Waals surface area contributed by atoms with Crippen molar-refractivity contribution in [1.82, 2.24) is 9.97 Å². The molecule has 0 aromatic carbocycles. The summed E-state index contributed by atoms with van der Waals surface area (Å²) in [5.74, 6) is 1.94. The van der Waals surface area contributed by atoms with E-state index in [0.717, 1.165) is 25.7 Å². The van der Waals surface area contributed by atoms with Crippen molar-refractivity contribution >= 4 is 17.4 Å². The predicted molar refractivity (Wildman–Crippen MR) is 83.4 cm³/mol. The van der Waals surface area contributed by atoms with Gasteiger partial charge in [0.15, 0.2) is 5.82 Å². The first-order valence-electron chi connectivity index (χ1n) is 7.57. The number of hydrogen-bond acceptors (Lipinski definition) is 5. The van der Waals surface area contributed by atoms with Crippen LogP contribution in [0.2, 0.25) is 5.15 Å². The van der Waals surface area contributed by atoms with Gasteiger partial charge in [-0.15, -0.1) is 0 Å². The largest absolute Gasteiger partial charge is 0.394 e. The van der Waals surface area contributed by atoms with E-state index < -0.39 is 0 Å². The van der Waals surface area contributed by atoms with Crippen molar-refractivity contribution in [2.75, 3.05) is 18.5 Å². The number of aromatic nitrogens is 2. The average Bonchev–Trinajstić information content (AvgIpc) is 2.47. The van der Waals surface area contributed by atoms with E-state index in [2.05, 4.69) is 22.2 Å². The van der Waals surface area contributed by atoms with Crippen molar-refractivity contribution in [1.29, 1.82) is 0 Å². The Kier molecular flexibility index (Phi) is 5.79. The monoisotopic (exact) mass is 313 g/mol. The van der Waals surface area contributed by atoms with Crippen molar-refractivity contribution in [2.45, 2.75) is 51.7 Å². The number of rotatable bonds is 6. The van der Waals surface area contributed by atoms with Gasteiger partial charge in [0, 0.05) is 12.7 Å². The van der Waals surface area contributed by atoms with Crippen LogP contribution in [0.15, 0.2) is 6.07 Å². The van der Waals surface area contributed by atoms with Gasteiger partial charge in [-0.3, -0.25) is 0 Å². The van der Waals surface area contributed by atoms with E-state index in [1.165, 1.54) is 0 Å². The van der Waals surface area contributed by atoms with E-state index in [1.54, 1.807) is 6.07 Å². The van der Waals surface area contributed by atoms with E-state index in [9.17, 15) is 5.11 Å². The number of aliphatic hydroxyl groups excluding tert-OH is 1. The fourth-order valence-electron chi connectivity index (χ4n) is 2.70. The molecule has 1 aromatic heterocycles. The molecule has 1 heterocycles. The van der Waals surface area contributed by atoms with Crippen molar-refractivity contribution in [2.24, 2.45) is 5.92 Å². The maximum absolute atomic E-state index is 9.81. The highest BCUT2D eigenvalue weighted by Gasteiger charge is 2.34. The fourth-order valence-corrected chi connectivity index (χ4v) is 2.90. The van der Waals surface area contributed by atoms with Crippen LogP contribution in [0.1, 0.15) is 45.4 Å². The van der Waals surface area contributed by atoms with Crippen molar-refractivity contribution < 1.29 is 9.84 Å². The predicted octanol–water partition coefficient (Wildman–Crippen LogP) is 3.02. The third-order valence-electron chi connectivity index (χ3n) is 4.10. The van der Waals surface area contributed by atoms with Crippen LogP contribution in [0.5, 0.6) is 0 Å². The van der Waals surface area contributed by atoms with Gasteiger partial charge in [-0.2, -0.15) is 0 Å². The molecule has 2 N–H and O–H groups in total. The summed E-state index contributed by atoms with van der Waals surface area (Å²) in [5, 5.41) is 13.6. The van der Waals surface area contributed by atoms with E-state index in [4.69, 9.17) is 16.3 Å². The summed E-state index contributed by atoms with van der Waals surface area (Å²) >= 11 is 6.05. The second kappa shape index (κ2) is 7.38. The second-order valence-electron chi connectivity index (χ2n) is 5.88. The smallest absolute Gasteiger partial charge is 0.158 e. The van der Waals surface area contributed by atoms with Gasteiger partial charge in [-0.1, -0.05) is 18.5 Å². The van der Waals surface area contributed by atoms with E-state index in [1.807, 2.05) is 6.92 Å². The highest BCUT2D eigenvalue weighted by molar-refractivity contribution is 6.29. The number of ether oxygens (including phenoxy) is 1. The van der Waals surface area contributed by atoms with Gasteiger partial charge in [-0.25, -0.2) is 9.97 Å². The molecular formula is C15H24ClN3O2. The summed E-state index contributed by atoms with van der Waals surface area (Å²) in [4.78, 5) is 8.59. The molecule has 0 aliphatic heterocycles. The minimum atomic E-state index is -0.299. The average molecular weight is 314 g/mol. The zero-order chi connectivity index (χ0) is 15.3. The van der Waals surface area contributed by atoms with Crippen LogP contribution < -0.4 is 5.32 Å². The first-order chi connectivity index (χ1) is 10.1. The third-order valence-corrected chi connectivity index (χ3v) is 4.30. The molecule has 1 aliphatic carbocycles. The number of anilines is 1. The number of hydrogen-bond donors (Lipinski definition) is 2. The van der Waals surface area contributed by atoms with Gasteiger partial charge < -0.3 is 15.2 Å². The molecule has 0 spiro atoms. The van der Waals surface area contributed by atoms with Crippen LogP contribution in [-0.4, -0.2) is 33.8 Å². The number of nitrogens with zero attached hydrogens (tertiary/aromatic N) is 2. The Bertz CT molecular complexity index is 462. The van der Waals surface area contributed by atoms with Crippen molar-refractivity contribution in [3.05, 3.63) is 17.0 Å². The topological polar surface area (TPSA) is 67.3 Å². The molecule has 0 radical (unpaired) electrons. The van der Waals surface area contributed by atoms with Crippen LogP contribution >= 0.6 is 11.6 Å². The van der Waals surface area contributed by atoms with E-state index in [0.29, 0.717) is 35.9 Å². The lowest BCUT2D eigenvalue weighted by Gasteiger charge is -2.39. The number of aliphatic hydroxyl groups is 1. The Labute approximate surface area is 131 Å². The SMILES string of the molecule is CCOCc1nc(Cl)cc(NC2(CO)CCC(C)CC2)n1. The van der Waals surface area contributed by atoms with E-state index in [-0.39, 0.29) is 12.1 Å². The molecule has 0 amide bonds. The molecule has 118 valence electrons. The zero-order valence-corrected chi connectivity index (χ0v) is 13.5. The van der Waals surface area contributed by atoms with Gasteiger partial charge in [0.1, 0.15) is 17.6 Å². The lowest BCUT2D eigenvalue weighted by molar-refractivity contribution is 0.128. The standard InChI is InChI=1S/C15H24ClN3O2/c1-3-21-9-14-17-12(16)8-13(18-14)19-15(10-20)6-4-11(2)5-7-15/h8,11,20H,3-7,9-10H2,1-2H3,(H,17,18,19). The van der Waals surface area contributed by atoms with E-state index >= 15 is 0 Å². The summed E-state index contributed by atoms with van der Waals surface area (Å²) in [6.45, 7) is 5.23. The summed E-state index contributed by atoms with van der Waals surface area (Å²) in [7, 11) is 0.